The van der Waals surface area contributed by atoms with Crippen molar-refractivity contribution < 1.29 is 19.4 Å². The fraction of sp³-hybridized carbons (Fsp3) is 0.353. The van der Waals surface area contributed by atoms with Crippen LogP contribution in [-0.4, -0.2) is 35.1 Å². The fourth-order valence-electron chi connectivity index (χ4n) is 2.05. The van der Waals surface area contributed by atoms with Gasteiger partial charge in [0.25, 0.3) is 0 Å². The highest BCUT2D eigenvalue weighted by atomic mass is 32.1. The molecule has 6 nitrogen and oxygen atoms in total. The van der Waals surface area contributed by atoms with Crippen LogP contribution < -0.4 is 10.1 Å². The van der Waals surface area contributed by atoms with Gasteiger partial charge in [-0.2, -0.15) is 0 Å². The average Bonchev–Trinajstić information content (AvgIpc) is 2.98. The van der Waals surface area contributed by atoms with Crippen molar-refractivity contribution >= 4 is 23.2 Å². The Morgan fingerprint density at radius 2 is 2.00 bits per heavy atom. The molecule has 1 aromatic heterocycles. The first-order chi connectivity index (χ1) is 11.6. The van der Waals surface area contributed by atoms with Gasteiger partial charge in [-0.25, -0.2) is 4.98 Å². The fourth-order valence-corrected chi connectivity index (χ4v) is 2.84. The molecular weight excluding hydrogens is 328 g/mol. The summed E-state index contributed by atoms with van der Waals surface area (Å²) in [6.07, 6.45) is 1.01. The van der Waals surface area contributed by atoms with Gasteiger partial charge in [0.15, 0.2) is 0 Å². The predicted octanol–water partition coefficient (Wildman–Crippen LogP) is 2.07. The van der Waals surface area contributed by atoms with Crippen molar-refractivity contribution in [3.63, 3.8) is 0 Å². The van der Waals surface area contributed by atoms with E-state index in [0.29, 0.717) is 23.9 Å². The SMILES string of the molecule is CCc1ccc(OCCNC(=O)Cc2nc(CC(=O)O)cs2)cc1. The van der Waals surface area contributed by atoms with Gasteiger partial charge in [-0.3, -0.25) is 9.59 Å². The summed E-state index contributed by atoms with van der Waals surface area (Å²) in [6, 6.07) is 7.87. The largest absolute Gasteiger partial charge is 0.492 e. The standard InChI is InChI=1S/C17H20N2O4S/c1-2-12-3-5-14(6-4-12)23-8-7-18-15(20)10-16-19-13(11-24-16)9-17(21)22/h3-6,11H,2,7-10H2,1H3,(H,18,20)(H,21,22). The number of aliphatic carboxylic acids is 1. The lowest BCUT2D eigenvalue weighted by Crippen LogP contribution is -2.29. The van der Waals surface area contributed by atoms with E-state index in [1.807, 2.05) is 24.3 Å². The van der Waals surface area contributed by atoms with Crippen LogP contribution in [0.3, 0.4) is 0 Å². The Bertz CT molecular complexity index is 682. The molecule has 1 aromatic carbocycles. The summed E-state index contributed by atoms with van der Waals surface area (Å²) in [5.74, 6) is -0.309. The monoisotopic (exact) mass is 348 g/mol. The van der Waals surface area contributed by atoms with Crippen LogP contribution in [0, 0.1) is 0 Å². The summed E-state index contributed by atoms with van der Waals surface area (Å²) in [5.41, 5.74) is 1.73. The summed E-state index contributed by atoms with van der Waals surface area (Å²) in [6.45, 7) is 2.89. The lowest BCUT2D eigenvalue weighted by Gasteiger charge is -2.08. The molecule has 0 saturated carbocycles. The zero-order chi connectivity index (χ0) is 17.4. The van der Waals surface area contributed by atoms with Crippen LogP contribution in [0.25, 0.3) is 0 Å². The molecule has 0 aliphatic heterocycles. The molecule has 2 aromatic rings. The molecule has 24 heavy (non-hydrogen) atoms. The van der Waals surface area contributed by atoms with E-state index in [1.54, 1.807) is 5.38 Å². The molecule has 1 amide bonds. The number of nitrogens with one attached hydrogen (secondary N) is 1. The third kappa shape index (κ3) is 6.00. The predicted molar refractivity (Wildman–Crippen MR) is 91.5 cm³/mol. The first kappa shape index (κ1) is 17.9. The van der Waals surface area contributed by atoms with E-state index < -0.39 is 5.97 Å². The average molecular weight is 348 g/mol. The molecule has 0 radical (unpaired) electrons. The van der Waals surface area contributed by atoms with Crippen LogP contribution in [0.1, 0.15) is 23.2 Å². The van der Waals surface area contributed by atoms with E-state index in [1.165, 1.54) is 16.9 Å². The Labute approximate surface area is 144 Å². The van der Waals surface area contributed by atoms with Crippen molar-refractivity contribution in [2.24, 2.45) is 0 Å². The highest BCUT2D eigenvalue weighted by molar-refractivity contribution is 7.09. The minimum atomic E-state index is -0.930. The van der Waals surface area contributed by atoms with Crippen LogP contribution in [0.4, 0.5) is 0 Å². The minimum Gasteiger partial charge on any atom is -0.492 e. The first-order valence-electron chi connectivity index (χ1n) is 7.70. The van der Waals surface area contributed by atoms with E-state index in [4.69, 9.17) is 9.84 Å². The molecule has 7 heteroatoms. The number of benzene rings is 1. The molecule has 1 heterocycles. The molecule has 0 fully saturated rings. The Kier molecular flexibility index (Phi) is 6.74. The van der Waals surface area contributed by atoms with E-state index in [0.717, 1.165) is 12.2 Å². The molecule has 0 bridgehead atoms. The maximum atomic E-state index is 11.8. The number of carboxylic acids is 1. The topological polar surface area (TPSA) is 88.5 Å². The van der Waals surface area contributed by atoms with E-state index >= 15 is 0 Å². The summed E-state index contributed by atoms with van der Waals surface area (Å²) in [7, 11) is 0. The zero-order valence-corrected chi connectivity index (χ0v) is 14.3. The van der Waals surface area contributed by atoms with Gasteiger partial charge >= 0.3 is 5.97 Å². The van der Waals surface area contributed by atoms with Crippen molar-refractivity contribution in [2.75, 3.05) is 13.2 Å². The molecule has 0 aliphatic carbocycles. The maximum absolute atomic E-state index is 11.8. The van der Waals surface area contributed by atoms with Gasteiger partial charge in [0, 0.05) is 5.38 Å². The number of aromatic nitrogens is 1. The molecule has 0 saturated heterocycles. The number of rotatable bonds is 9. The Morgan fingerprint density at radius 3 is 2.67 bits per heavy atom. The third-order valence-electron chi connectivity index (χ3n) is 3.27. The number of carbonyl (C=O) groups is 2. The highest BCUT2D eigenvalue weighted by Gasteiger charge is 2.09. The van der Waals surface area contributed by atoms with Gasteiger partial charge in [-0.15, -0.1) is 11.3 Å². The van der Waals surface area contributed by atoms with Gasteiger partial charge < -0.3 is 15.2 Å². The van der Waals surface area contributed by atoms with Gasteiger partial charge in [-0.05, 0) is 24.1 Å². The molecule has 0 unspecified atom stereocenters. The lowest BCUT2D eigenvalue weighted by molar-refractivity contribution is -0.136. The minimum absolute atomic E-state index is 0.122. The number of carboxylic acid groups (broad SMARTS) is 1. The van der Waals surface area contributed by atoms with Crippen molar-refractivity contribution in [1.82, 2.24) is 10.3 Å². The summed E-state index contributed by atoms with van der Waals surface area (Å²) in [5, 5.41) is 13.7. The van der Waals surface area contributed by atoms with Gasteiger partial charge in [-0.1, -0.05) is 19.1 Å². The van der Waals surface area contributed by atoms with Gasteiger partial charge in [0.1, 0.15) is 17.4 Å². The van der Waals surface area contributed by atoms with Crippen LogP contribution in [0.5, 0.6) is 5.75 Å². The zero-order valence-electron chi connectivity index (χ0n) is 13.4. The van der Waals surface area contributed by atoms with E-state index in [2.05, 4.69) is 17.2 Å². The van der Waals surface area contributed by atoms with Crippen LogP contribution in [-0.2, 0) is 28.9 Å². The quantitative estimate of drug-likeness (QED) is 0.677. The Balaban J connectivity index is 1.67. The van der Waals surface area contributed by atoms with Crippen LogP contribution in [0.2, 0.25) is 0 Å². The Morgan fingerprint density at radius 1 is 1.25 bits per heavy atom. The number of ether oxygens (including phenoxy) is 1. The number of aryl methyl sites for hydroxylation is 1. The first-order valence-corrected chi connectivity index (χ1v) is 8.58. The van der Waals surface area contributed by atoms with Gasteiger partial charge in [0.2, 0.25) is 5.91 Å². The second-order valence-electron chi connectivity index (χ2n) is 5.18. The van der Waals surface area contributed by atoms with Crippen molar-refractivity contribution in [2.45, 2.75) is 26.2 Å². The van der Waals surface area contributed by atoms with Crippen LogP contribution in [0.15, 0.2) is 29.6 Å². The summed E-state index contributed by atoms with van der Waals surface area (Å²) < 4.78 is 5.56. The number of nitrogens with zero attached hydrogens (tertiary/aromatic N) is 1. The number of hydrogen-bond donors (Lipinski definition) is 2. The lowest BCUT2D eigenvalue weighted by atomic mass is 10.2. The van der Waals surface area contributed by atoms with Crippen molar-refractivity contribution in [3.05, 3.63) is 45.9 Å². The molecule has 0 aliphatic rings. The van der Waals surface area contributed by atoms with Crippen molar-refractivity contribution in [3.8, 4) is 5.75 Å². The van der Waals surface area contributed by atoms with E-state index in [9.17, 15) is 9.59 Å². The normalized spacial score (nSPS) is 10.4. The molecule has 0 atom stereocenters. The Hall–Kier alpha value is -2.41. The van der Waals surface area contributed by atoms with Crippen LogP contribution >= 0.6 is 11.3 Å². The molecular formula is C17H20N2O4S. The number of carbonyl (C=O) groups excluding carboxylic acids is 1. The number of hydrogen-bond acceptors (Lipinski definition) is 5. The second-order valence-corrected chi connectivity index (χ2v) is 6.12. The number of amides is 1. The highest BCUT2D eigenvalue weighted by Crippen LogP contribution is 2.12. The third-order valence-corrected chi connectivity index (χ3v) is 4.17. The number of thiazole rings is 1. The van der Waals surface area contributed by atoms with E-state index in [-0.39, 0.29) is 18.7 Å². The smallest absolute Gasteiger partial charge is 0.309 e. The molecule has 128 valence electrons. The van der Waals surface area contributed by atoms with Crippen molar-refractivity contribution in [1.29, 1.82) is 0 Å². The molecule has 2 rings (SSSR count). The molecule has 2 N–H and O–H groups in total. The van der Waals surface area contributed by atoms with Gasteiger partial charge in [0.05, 0.1) is 25.1 Å². The molecule has 0 spiro atoms. The summed E-state index contributed by atoms with van der Waals surface area (Å²) >= 11 is 1.29. The summed E-state index contributed by atoms with van der Waals surface area (Å²) in [4.78, 5) is 26.5. The second kappa shape index (κ2) is 9.02. The maximum Gasteiger partial charge on any atom is 0.309 e.